The number of piperidine rings is 1. The van der Waals surface area contributed by atoms with Crippen LogP contribution in [-0.2, 0) is 4.79 Å². The van der Waals surface area contributed by atoms with Crippen molar-refractivity contribution >= 4 is 52.3 Å². The summed E-state index contributed by atoms with van der Waals surface area (Å²) in [6, 6.07) is 11.8. The molecule has 1 aliphatic rings. The van der Waals surface area contributed by atoms with E-state index in [-0.39, 0.29) is 17.7 Å². The lowest BCUT2D eigenvalue weighted by molar-refractivity contribution is -0.121. The maximum Gasteiger partial charge on any atom is 0.253 e. The summed E-state index contributed by atoms with van der Waals surface area (Å²) >= 11 is 17.8. The topological polar surface area (TPSA) is 49.4 Å². The highest BCUT2D eigenvalue weighted by Crippen LogP contribution is 2.27. The fourth-order valence-electron chi connectivity index (χ4n) is 2.95. The van der Waals surface area contributed by atoms with E-state index in [1.807, 2.05) is 0 Å². The molecule has 2 amide bonds. The van der Waals surface area contributed by atoms with Gasteiger partial charge in [0.2, 0.25) is 5.91 Å². The van der Waals surface area contributed by atoms with Crippen LogP contribution in [0.1, 0.15) is 23.2 Å². The molecule has 0 spiro atoms. The minimum absolute atomic E-state index is 0.0405. The largest absolute Gasteiger partial charge is 0.339 e. The molecule has 2 aromatic carbocycles. The molecule has 0 saturated carbocycles. The van der Waals surface area contributed by atoms with Crippen LogP contribution in [0.3, 0.4) is 0 Å². The molecule has 4 nitrogen and oxygen atoms in total. The molecule has 2 aromatic rings. The van der Waals surface area contributed by atoms with Gasteiger partial charge < -0.3 is 10.2 Å². The highest BCUT2D eigenvalue weighted by atomic mass is 35.5. The molecule has 136 valence electrons. The van der Waals surface area contributed by atoms with Gasteiger partial charge in [0.15, 0.2) is 0 Å². The molecule has 0 aromatic heterocycles. The lowest BCUT2D eigenvalue weighted by Crippen LogP contribution is -2.41. The summed E-state index contributed by atoms with van der Waals surface area (Å²) in [5.74, 6) is -0.287. The van der Waals surface area contributed by atoms with Crippen LogP contribution in [0, 0.1) is 5.92 Å². The maximum atomic E-state index is 12.5. The second kappa shape index (κ2) is 8.30. The lowest BCUT2D eigenvalue weighted by atomic mass is 9.95. The predicted octanol–water partition coefficient (Wildman–Crippen LogP) is 5.14. The first-order valence-electron chi connectivity index (χ1n) is 8.25. The quantitative estimate of drug-likeness (QED) is 0.760. The third kappa shape index (κ3) is 4.50. The third-order valence-corrected chi connectivity index (χ3v) is 5.23. The normalized spacial score (nSPS) is 15.0. The molecule has 1 N–H and O–H groups in total. The molecule has 7 heteroatoms. The van der Waals surface area contributed by atoms with E-state index in [0.717, 1.165) is 0 Å². The van der Waals surface area contributed by atoms with Gasteiger partial charge in [-0.15, -0.1) is 0 Å². The summed E-state index contributed by atoms with van der Waals surface area (Å²) in [7, 11) is 0. The molecule has 0 atom stereocenters. The van der Waals surface area contributed by atoms with E-state index in [0.29, 0.717) is 52.2 Å². The van der Waals surface area contributed by atoms with Crippen LogP contribution in [0.15, 0.2) is 42.5 Å². The van der Waals surface area contributed by atoms with Crippen molar-refractivity contribution in [3.8, 4) is 0 Å². The Balaban J connectivity index is 1.56. The fourth-order valence-corrected chi connectivity index (χ4v) is 3.53. The Kier molecular flexibility index (Phi) is 6.07. The van der Waals surface area contributed by atoms with Crippen LogP contribution in [0.4, 0.5) is 5.69 Å². The van der Waals surface area contributed by atoms with E-state index in [2.05, 4.69) is 5.32 Å². The Morgan fingerprint density at radius 1 is 0.923 bits per heavy atom. The molecule has 1 saturated heterocycles. The maximum absolute atomic E-state index is 12.5. The van der Waals surface area contributed by atoms with Crippen molar-refractivity contribution in [1.29, 1.82) is 0 Å². The Morgan fingerprint density at radius 2 is 1.54 bits per heavy atom. The summed E-state index contributed by atoms with van der Waals surface area (Å²) in [6.07, 6.45) is 1.22. The van der Waals surface area contributed by atoms with Crippen LogP contribution in [0.2, 0.25) is 15.1 Å². The monoisotopic (exact) mass is 410 g/mol. The Hall–Kier alpha value is -1.75. The van der Waals surface area contributed by atoms with Gasteiger partial charge in [0, 0.05) is 34.6 Å². The minimum Gasteiger partial charge on any atom is -0.339 e. The van der Waals surface area contributed by atoms with Crippen LogP contribution in [-0.4, -0.2) is 29.8 Å². The van der Waals surface area contributed by atoms with Crippen LogP contribution >= 0.6 is 34.8 Å². The molecule has 0 bridgehead atoms. The Labute approximate surface area is 167 Å². The van der Waals surface area contributed by atoms with Crippen molar-refractivity contribution in [1.82, 2.24) is 4.90 Å². The van der Waals surface area contributed by atoms with E-state index >= 15 is 0 Å². The number of amides is 2. The van der Waals surface area contributed by atoms with Gasteiger partial charge in [-0.05, 0) is 55.3 Å². The number of carbonyl (C=O) groups excluding carboxylic acids is 2. The fraction of sp³-hybridized carbons (Fsp3) is 0.263. The second-order valence-corrected chi connectivity index (χ2v) is 7.47. The number of carbonyl (C=O) groups is 2. The number of benzene rings is 2. The van der Waals surface area contributed by atoms with Crippen molar-refractivity contribution < 1.29 is 9.59 Å². The van der Waals surface area contributed by atoms with Crippen molar-refractivity contribution in [3.63, 3.8) is 0 Å². The van der Waals surface area contributed by atoms with E-state index in [4.69, 9.17) is 34.8 Å². The van der Waals surface area contributed by atoms with E-state index in [1.165, 1.54) is 0 Å². The van der Waals surface area contributed by atoms with E-state index < -0.39 is 0 Å². The summed E-state index contributed by atoms with van der Waals surface area (Å²) in [4.78, 5) is 26.7. The van der Waals surface area contributed by atoms with Gasteiger partial charge in [-0.3, -0.25) is 9.59 Å². The molecule has 3 rings (SSSR count). The van der Waals surface area contributed by atoms with Crippen LogP contribution in [0.25, 0.3) is 0 Å². The zero-order valence-corrected chi connectivity index (χ0v) is 16.1. The third-order valence-electron chi connectivity index (χ3n) is 4.43. The molecule has 26 heavy (non-hydrogen) atoms. The molecule has 1 fully saturated rings. The second-order valence-electron chi connectivity index (χ2n) is 6.19. The standard InChI is InChI=1S/C19H17Cl3N2O2/c20-14-3-1-13(2-4-14)19(26)24-9-7-12(8-10-24)18(25)23-17-6-5-15(21)11-16(17)22/h1-6,11-12H,7-10H2,(H,23,25). The number of nitrogens with one attached hydrogen (secondary N) is 1. The number of likely N-dealkylation sites (tertiary alicyclic amines) is 1. The number of hydrogen-bond acceptors (Lipinski definition) is 2. The summed E-state index contributed by atoms with van der Waals surface area (Å²) in [6.45, 7) is 1.07. The number of hydrogen-bond donors (Lipinski definition) is 1. The predicted molar refractivity (Wildman–Crippen MR) is 105 cm³/mol. The smallest absolute Gasteiger partial charge is 0.253 e. The average Bonchev–Trinajstić information content (AvgIpc) is 2.64. The number of halogens is 3. The zero-order chi connectivity index (χ0) is 18.7. The zero-order valence-electron chi connectivity index (χ0n) is 13.8. The Morgan fingerprint density at radius 3 is 2.15 bits per heavy atom. The minimum atomic E-state index is -0.156. The lowest BCUT2D eigenvalue weighted by Gasteiger charge is -2.31. The first-order valence-corrected chi connectivity index (χ1v) is 9.38. The van der Waals surface area contributed by atoms with Gasteiger partial charge in [-0.25, -0.2) is 0 Å². The van der Waals surface area contributed by atoms with Crippen molar-refractivity contribution in [2.75, 3.05) is 18.4 Å². The molecule has 0 unspecified atom stereocenters. The van der Waals surface area contributed by atoms with Crippen molar-refractivity contribution in [3.05, 3.63) is 63.1 Å². The Bertz CT molecular complexity index is 816. The molecular formula is C19H17Cl3N2O2. The van der Waals surface area contributed by atoms with Gasteiger partial charge in [0.05, 0.1) is 10.7 Å². The molecule has 1 aliphatic heterocycles. The number of rotatable bonds is 3. The van der Waals surface area contributed by atoms with Crippen molar-refractivity contribution in [2.45, 2.75) is 12.8 Å². The average molecular weight is 412 g/mol. The first kappa shape index (κ1) is 19.0. The van der Waals surface area contributed by atoms with Gasteiger partial charge in [-0.2, -0.15) is 0 Å². The molecular weight excluding hydrogens is 395 g/mol. The van der Waals surface area contributed by atoms with Gasteiger partial charge >= 0.3 is 0 Å². The summed E-state index contributed by atoms with van der Waals surface area (Å²) in [5.41, 5.74) is 1.14. The van der Waals surface area contributed by atoms with Gasteiger partial charge in [-0.1, -0.05) is 34.8 Å². The molecule has 1 heterocycles. The van der Waals surface area contributed by atoms with E-state index in [1.54, 1.807) is 47.4 Å². The van der Waals surface area contributed by atoms with Crippen LogP contribution in [0.5, 0.6) is 0 Å². The number of anilines is 1. The first-order chi connectivity index (χ1) is 12.4. The summed E-state index contributed by atoms with van der Waals surface area (Å²) < 4.78 is 0. The number of nitrogens with zero attached hydrogens (tertiary/aromatic N) is 1. The van der Waals surface area contributed by atoms with E-state index in [9.17, 15) is 9.59 Å². The highest BCUT2D eigenvalue weighted by molar-refractivity contribution is 6.36. The SMILES string of the molecule is O=C(Nc1ccc(Cl)cc1Cl)C1CCN(C(=O)c2ccc(Cl)cc2)CC1. The van der Waals surface area contributed by atoms with Gasteiger partial charge in [0.1, 0.15) is 0 Å². The highest BCUT2D eigenvalue weighted by Gasteiger charge is 2.28. The molecule has 0 radical (unpaired) electrons. The van der Waals surface area contributed by atoms with Crippen molar-refractivity contribution in [2.24, 2.45) is 5.92 Å². The summed E-state index contributed by atoms with van der Waals surface area (Å²) in [5, 5.41) is 4.36. The molecule has 0 aliphatic carbocycles. The van der Waals surface area contributed by atoms with Crippen LogP contribution < -0.4 is 5.32 Å². The van der Waals surface area contributed by atoms with Gasteiger partial charge in [0.25, 0.3) is 5.91 Å².